The molecule has 1 aromatic rings. The van der Waals surface area contributed by atoms with Gasteiger partial charge >= 0.3 is 0 Å². The van der Waals surface area contributed by atoms with Crippen molar-refractivity contribution in [3.8, 4) is 0 Å². The van der Waals surface area contributed by atoms with Crippen molar-refractivity contribution in [1.82, 2.24) is 14.9 Å². The van der Waals surface area contributed by atoms with E-state index in [1.54, 1.807) is 19.1 Å². The number of likely N-dealkylation sites (N-methyl/N-ethyl adjacent to an activating group) is 1. The zero-order chi connectivity index (χ0) is 20.9. The molecule has 1 aromatic carbocycles. The first kappa shape index (κ1) is 22.3. The summed E-state index contributed by atoms with van der Waals surface area (Å²) in [6, 6.07) is 4.59. The lowest BCUT2D eigenvalue weighted by Crippen LogP contribution is -3.15. The van der Waals surface area contributed by atoms with Crippen molar-refractivity contribution in [2.75, 3.05) is 39.3 Å². The van der Waals surface area contributed by atoms with Gasteiger partial charge in [0.2, 0.25) is 15.9 Å². The van der Waals surface area contributed by atoms with Gasteiger partial charge in [0.25, 0.3) is 5.91 Å². The number of sulfonamides is 1. The topological polar surface area (TPSA) is 100 Å². The van der Waals surface area contributed by atoms with E-state index in [2.05, 4.69) is 10.6 Å². The first-order valence-corrected chi connectivity index (χ1v) is 11.1. The van der Waals surface area contributed by atoms with Crippen molar-refractivity contribution >= 4 is 21.8 Å². The number of hydrogen-bond acceptors (Lipinski definition) is 4. The third-order valence-corrected chi connectivity index (χ3v) is 6.97. The van der Waals surface area contributed by atoms with E-state index < -0.39 is 16.1 Å². The number of amides is 2. The number of nitrogens with zero attached hydrogens (tertiary/aromatic N) is 1. The fraction of sp³-hybridized carbons (Fsp3) is 0.579. The minimum absolute atomic E-state index is 0.209. The Bertz CT molecular complexity index is 817. The Morgan fingerprint density at radius 3 is 2.39 bits per heavy atom. The number of quaternary nitrogens is 1. The molecule has 1 saturated heterocycles. The molecule has 1 aliphatic rings. The van der Waals surface area contributed by atoms with Gasteiger partial charge < -0.3 is 15.5 Å². The van der Waals surface area contributed by atoms with E-state index in [1.165, 1.54) is 4.31 Å². The molecule has 1 fully saturated rings. The Morgan fingerprint density at radius 1 is 1.18 bits per heavy atom. The second-order valence-corrected chi connectivity index (χ2v) is 9.20. The summed E-state index contributed by atoms with van der Waals surface area (Å²) >= 11 is 0. The molecule has 2 amide bonds. The quantitative estimate of drug-likeness (QED) is 0.527. The van der Waals surface area contributed by atoms with Crippen LogP contribution in [-0.2, 0) is 19.6 Å². The van der Waals surface area contributed by atoms with Gasteiger partial charge in [0.05, 0.1) is 31.1 Å². The van der Waals surface area contributed by atoms with Gasteiger partial charge in [-0.3, -0.25) is 9.59 Å². The van der Waals surface area contributed by atoms with Crippen molar-refractivity contribution in [3.63, 3.8) is 0 Å². The molecule has 0 aliphatic carbocycles. The molecule has 8 nitrogen and oxygen atoms in total. The molecule has 9 heteroatoms. The highest BCUT2D eigenvalue weighted by molar-refractivity contribution is 7.89. The van der Waals surface area contributed by atoms with Crippen molar-refractivity contribution in [3.05, 3.63) is 29.3 Å². The maximum absolute atomic E-state index is 12.9. The van der Waals surface area contributed by atoms with Crippen molar-refractivity contribution in [2.45, 2.75) is 38.6 Å². The molecule has 0 bridgehead atoms. The normalized spacial score (nSPS) is 17.1. The van der Waals surface area contributed by atoms with E-state index in [9.17, 15) is 18.0 Å². The minimum atomic E-state index is -3.52. The molecule has 0 radical (unpaired) electrons. The molecular weight excluding hydrogens is 380 g/mol. The van der Waals surface area contributed by atoms with Crippen LogP contribution in [0, 0.1) is 13.8 Å². The highest BCUT2D eigenvalue weighted by atomic mass is 32.2. The SMILES string of the molecule is CCNC(=O)[C@@H](C)NC(=O)C[NH+]1CCN(S(=O)(=O)c2ccc(C)c(C)c2)CC1. The zero-order valence-corrected chi connectivity index (χ0v) is 17.9. The second kappa shape index (κ2) is 9.49. The van der Waals surface area contributed by atoms with Crippen molar-refractivity contribution in [2.24, 2.45) is 0 Å². The van der Waals surface area contributed by atoms with Crippen LogP contribution in [0.5, 0.6) is 0 Å². The van der Waals surface area contributed by atoms with Gasteiger partial charge in [-0.25, -0.2) is 8.42 Å². The molecule has 3 N–H and O–H groups in total. The predicted molar refractivity (Wildman–Crippen MR) is 107 cm³/mol. The van der Waals surface area contributed by atoms with E-state index in [-0.39, 0.29) is 18.4 Å². The van der Waals surface area contributed by atoms with Gasteiger partial charge in [-0.15, -0.1) is 0 Å². The van der Waals surface area contributed by atoms with Gasteiger partial charge in [-0.2, -0.15) is 4.31 Å². The predicted octanol–water partition coefficient (Wildman–Crippen LogP) is -1.17. The largest absolute Gasteiger partial charge is 0.355 e. The van der Waals surface area contributed by atoms with Crippen LogP contribution in [0.15, 0.2) is 23.1 Å². The number of carbonyl (C=O) groups excluding carboxylic acids is 2. The number of aryl methyl sites for hydroxylation is 2. The first-order chi connectivity index (χ1) is 13.1. The van der Waals surface area contributed by atoms with Gasteiger partial charge in [-0.1, -0.05) is 6.07 Å². The second-order valence-electron chi connectivity index (χ2n) is 7.26. The van der Waals surface area contributed by atoms with Crippen LogP contribution in [-0.4, -0.2) is 69.8 Å². The Hall–Kier alpha value is -1.97. The van der Waals surface area contributed by atoms with Gasteiger partial charge in [0.15, 0.2) is 6.54 Å². The molecule has 1 atom stereocenters. The molecular formula is C19H31N4O4S+. The number of piperazine rings is 1. The fourth-order valence-electron chi connectivity index (χ4n) is 3.16. The van der Waals surface area contributed by atoms with Crippen molar-refractivity contribution in [1.29, 1.82) is 0 Å². The lowest BCUT2D eigenvalue weighted by molar-refractivity contribution is -0.895. The smallest absolute Gasteiger partial charge is 0.275 e. The molecule has 1 aliphatic heterocycles. The summed E-state index contributed by atoms with van der Waals surface area (Å²) in [7, 11) is -3.52. The summed E-state index contributed by atoms with van der Waals surface area (Å²) in [6.45, 7) is 9.88. The maximum Gasteiger partial charge on any atom is 0.275 e. The molecule has 28 heavy (non-hydrogen) atoms. The van der Waals surface area contributed by atoms with Crippen molar-refractivity contribution < 1.29 is 22.9 Å². The Balaban J connectivity index is 1.89. The fourth-order valence-corrected chi connectivity index (χ4v) is 4.68. The molecule has 0 saturated carbocycles. The highest BCUT2D eigenvalue weighted by Crippen LogP contribution is 2.19. The Labute approximate surface area is 167 Å². The lowest BCUT2D eigenvalue weighted by atomic mass is 10.1. The van der Waals surface area contributed by atoms with E-state index in [0.29, 0.717) is 37.6 Å². The molecule has 0 unspecified atom stereocenters. The average molecular weight is 412 g/mol. The average Bonchev–Trinajstić information content (AvgIpc) is 2.64. The van der Waals surface area contributed by atoms with Crippen LogP contribution in [0.2, 0.25) is 0 Å². The standard InChI is InChI=1S/C19H30N4O4S/c1-5-20-19(25)16(4)21-18(24)13-22-8-10-23(11-9-22)28(26,27)17-7-6-14(2)15(3)12-17/h6-7,12,16H,5,8-11,13H2,1-4H3,(H,20,25)(H,21,24)/p+1/t16-/m1/s1. The molecule has 1 heterocycles. The minimum Gasteiger partial charge on any atom is -0.355 e. The van der Waals surface area contributed by atoms with E-state index >= 15 is 0 Å². The van der Waals surface area contributed by atoms with E-state index in [4.69, 9.17) is 0 Å². The summed E-state index contributed by atoms with van der Waals surface area (Å²) in [6.07, 6.45) is 0. The molecule has 0 spiro atoms. The van der Waals surface area contributed by atoms with E-state index in [0.717, 1.165) is 16.0 Å². The van der Waals surface area contributed by atoms with Crippen LogP contribution >= 0.6 is 0 Å². The number of benzene rings is 1. The summed E-state index contributed by atoms with van der Waals surface area (Å²) in [5.41, 5.74) is 2.00. The third kappa shape index (κ3) is 5.52. The van der Waals surface area contributed by atoms with Crippen LogP contribution in [0.4, 0.5) is 0 Å². The summed E-state index contributed by atoms with van der Waals surface area (Å²) in [4.78, 5) is 25.2. The Morgan fingerprint density at radius 2 is 1.82 bits per heavy atom. The molecule has 156 valence electrons. The summed E-state index contributed by atoms with van der Waals surface area (Å²) < 4.78 is 27.2. The van der Waals surface area contributed by atoms with Crippen LogP contribution in [0.25, 0.3) is 0 Å². The zero-order valence-electron chi connectivity index (χ0n) is 17.0. The van der Waals surface area contributed by atoms with Gasteiger partial charge in [-0.05, 0) is 51.0 Å². The molecule has 0 aromatic heterocycles. The number of hydrogen-bond donors (Lipinski definition) is 3. The van der Waals surface area contributed by atoms with Gasteiger partial charge in [0, 0.05) is 6.54 Å². The summed E-state index contributed by atoms with van der Waals surface area (Å²) in [5.74, 6) is -0.422. The lowest BCUT2D eigenvalue weighted by Gasteiger charge is -2.31. The number of nitrogens with one attached hydrogen (secondary N) is 3. The monoisotopic (exact) mass is 411 g/mol. The number of carbonyl (C=O) groups is 2. The maximum atomic E-state index is 12.9. The van der Waals surface area contributed by atoms with Crippen LogP contribution < -0.4 is 15.5 Å². The molecule has 2 rings (SSSR count). The third-order valence-electron chi connectivity index (χ3n) is 5.08. The highest BCUT2D eigenvalue weighted by Gasteiger charge is 2.31. The summed E-state index contributed by atoms with van der Waals surface area (Å²) in [5, 5.41) is 5.35. The van der Waals surface area contributed by atoms with E-state index in [1.807, 2.05) is 26.8 Å². The Kier molecular flexibility index (Phi) is 7.56. The first-order valence-electron chi connectivity index (χ1n) is 9.63. The number of rotatable bonds is 7. The van der Waals surface area contributed by atoms with Crippen LogP contribution in [0.3, 0.4) is 0 Å². The van der Waals surface area contributed by atoms with Crippen LogP contribution in [0.1, 0.15) is 25.0 Å². The van der Waals surface area contributed by atoms with Gasteiger partial charge in [0.1, 0.15) is 6.04 Å².